The average Bonchev–Trinajstić information content (AvgIpc) is 2.66. The fourth-order valence-electron chi connectivity index (χ4n) is 2.04. The van der Waals surface area contributed by atoms with Gasteiger partial charge in [-0.2, -0.15) is 5.10 Å². The van der Waals surface area contributed by atoms with Gasteiger partial charge in [0.25, 0.3) is 0 Å². The normalized spacial score (nSPS) is 13.3. The van der Waals surface area contributed by atoms with Gasteiger partial charge >= 0.3 is 0 Å². The molecule has 0 aromatic carbocycles. The molecule has 0 bridgehead atoms. The Balaban J connectivity index is 2.61. The van der Waals surface area contributed by atoms with Gasteiger partial charge in [-0.25, -0.2) is 0 Å². The van der Waals surface area contributed by atoms with Crippen molar-refractivity contribution in [3.63, 3.8) is 0 Å². The molecule has 17 heavy (non-hydrogen) atoms. The first-order chi connectivity index (χ1) is 8.08. The number of hydrogen-bond acceptors (Lipinski definition) is 3. The Kier molecular flexibility index (Phi) is 5.65. The molecule has 1 atom stereocenters. The maximum atomic E-state index is 8.96. The SMILES string of the molecule is CCC(CCO)NCc1cn(C)nc1C(C)C. The second-order valence-corrected chi connectivity index (χ2v) is 4.87. The maximum Gasteiger partial charge on any atom is 0.0694 e. The number of nitrogens with one attached hydrogen (secondary N) is 1. The highest BCUT2D eigenvalue weighted by atomic mass is 16.3. The standard InChI is InChI=1S/C13H25N3O/c1-5-12(6-7-17)14-8-11-9-16(4)15-13(11)10(2)3/h9-10,12,14,17H,5-8H2,1-4H3. The summed E-state index contributed by atoms with van der Waals surface area (Å²) < 4.78 is 1.87. The highest BCUT2D eigenvalue weighted by molar-refractivity contribution is 5.20. The zero-order chi connectivity index (χ0) is 12.8. The largest absolute Gasteiger partial charge is 0.396 e. The van der Waals surface area contributed by atoms with Crippen molar-refractivity contribution in [2.24, 2.45) is 7.05 Å². The quantitative estimate of drug-likeness (QED) is 0.763. The van der Waals surface area contributed by atoms with Crippen LogP contribution in [0.25, 0.3) is 0 Å². The third kappa shape index (κ3) is 4.13. The van der Waals surface area contributed by atoms with Crippen LogP contribution in [-0.4, -0.2) is 27.5 Å². The maximum absolute atomic E-state index is 8.96. The molecule has 1 rings (SSSR count). The molecule has 0 saturated heterocycles. The van der Waals surface area contributed by atoms with Gasteiger partial charge in [-0.15, -0.1) is 0 Å². The highest BCUT2D eigenvalue weighted by Gasteiger charge is 2.12. The Morgan fingerprint density at radius 2 is 2.18 bits per heavy atom. The second kappa shape index (κ2) is 6.77. The molecular formula is C13H25N3O. The predicted octanol–water partition coefficient (Wildman–Crippen LogP) is 1.79. The van der Waals surface area contributed by atoms with E-state index in [1.165, 1.54) is 11.3 Å². The number of aliphatic hydroxyl groups excluding tert-OH is 1. The molecule has 4 heteroatoms. The van der Waals surface area contributed by atoms with Gasteiger partial charge in [0.1, 0.15) is 0 Å². The lowest BCUT2D eigenvalue weighted by molar-refractivity contribution is 0.262. The summed E-state index contributed by atoms with van der Waals surface area (Å²) >= 11 is 0. The van der Waals surface area contributed by atoms with Crippen molar-refractivity contribution < 1.29 is 5.11 Å². The van der Waals surface area contributed by atoms with E-state index in [-0.39, 0.29) is 6.61 Å². The first-order valence-electron chi connectivity index (χ1n) is 6.45. The van der Waals surface area contributed by atoms with Crippen LogP contribution in [0.4, 0.5) is 0 Å². The smallest absolute Gasteiger partial charge is 0.0694 e. The van der Waals surface area contributed by atoms with Gasteiger partial charge in [-0.3, -0.25) is 4.68 Å². The molecular weight excluding hydrogens is 214 g/mol. The van der Waals surface area contributed by atoms with Crippen LogP contribution in [0.3, 0.4) is 0 Å². The fourth-order valence-corrected chi connectivity index (χ4v) is 2.04. The van der Waals surface area contributed by atoms with Crippen LogP contribution in [0.5, 0.6) is 0 Å². The lowest BCUT2D eigenvalue weighted by Crippen LogP contribution is -2.29. The van der Waals surface area contributed by atoms with Crippen LogP contribution in [-0.2, 0) is 13.6 Å². The molecule has 0 aliphatic heterocycles. The van der Waals surface area contributed by atoms with Crippen LogP contribution in [0.2, 0.25) is 0 Å². The van der Waals surface area contributed by atoms with Crippen molar-refractivity contribution in [1.29, 1.82) is 0 Å². The molecule has 0 spiro atoms. The van der Waals surface area contributed by atoms with Crippen LogP contribution < -0.4 is 5.32 Å². The van der Waals surface area contributed by atoms with Crippen LogP contribution >= 0.6 is 0 Å². The summed E-state index contributed by atoms with van der Waals surface area (Å²) in [6.07, 6.45) is 3.93. The molecule has 1 aromatic heterocycles. The van der Waals surface area contributed by atoms with Crippen LogP contribution in [0, 0.1) is 0 Å². The van der Waals surface area contributed by atoms with E-state index >= 15 is 0 Å². The molecule has 0 amide bonds. The third-order valence-electron chi connectivity index (χ3n) is 3.04. The van der Waals surface area contributed by atoms with E-state index < -0.39 is 0 Å². The summed E-state index contributed by atoms with van der Waals surface area (Å²) in [4.78, 5) is 0. The van der Waals surface area contributed by atoms with E-state index in [2.05, 4.69) is 37.4 Å². The topological polar surface area (TPSA) is 50.1 Å². The molecule has 0 saturated carbocycles. The molecule has 0 aliphatic rings. The van der Waals surface area contributed by atoms with Gasteiger partial charge in [0.2, 0.25) is 0 Å². The van der Waals surface area contributed by atoms with E-state index in [0.717, 1.165) is 19.4 Å². The molecule has 0 aliphatic carbocycles. The minimum atomic E-state index is 0.246. The number of aryl methyl sites for hydroxylation is 1. The Morgan fingerprint density at radius 3 is 2.71 bits per heavy atom. The lowest BCUT2D eigenvalue weighted by atomic mass is 10.1. The average molecular weight is 239 g/mol. The van der Waals surface area contributed by atoms with Gasteiger partial charge in [-0.1, -0.05) is 20.8 Å². The molecule has 0 radical (unpaired) electrons. The number of rotatable bonds is 7. The summed E-state index contributed by atoms with van der Waals surface area (Å²) in [6.45, 7) is 7.54. The summed E-state index contributed by atoms with van der Waals surface area (Å²) in [6, 6.07) is 0.389. The van der Waals surface area contributed by atoms with E-state index in [9.17, 15) is 0 Å². The number of aromatic nitrogens is 2. The molecule has 2 N–H and O–H groups in total. The predicted molar refractivity (Wildman–Crippen MR) is 69.9 cm³/mol. The molecule has 0 fully saturated rings. The first kappa shape index (κ1) is 14.2. The van der Waals surface area contributed by atoms with E-state index in [1.54, 1.807) is 0 Å². The fraction of sp³-hybridized carbons (Fsp3) is 0.769. The zero-order valence-electron chi connectivity index (χ0n) is 11.4. The Hall–Kier alpha value is -0.870. The second-order valence-electron chi connectivity index (χ2n) is 4.87. The summed E-state index contributed by atoms with van der Waals surface area (Å²) in [5.41, 5.74) is 2.43. The Labute approximate surface area is 104 Å². The molecule has 1 aromatic rings. The zero-order valence-corrected chi connectivity index (χ0v) is 11.4. The molecule has 98 valence electrons. The number of aliphatic hydroxyl groups is 1. The summed E-state index contributed by atoms with van der Waals surface area (Å²) in [5.74, 6) is 0.450. The van der Waals surface area contributed by atoms with Crippen molar-refractivity contribution >= 4 is 0 Å². The van der Waals surface area contributed by atoms with Crippen molar-refractivity contribution in [2.45, 2.75) is 52.1 Å². The van der Waals surface area contributed by atoms with Gasteiger partial charge in [0, 0.05) is 38.0 Å². The summed E-state index contributed by atoms with van der Waals surface area (Å²) in [7, 11) is 1.96. The van der Waals surface area contributed by atoms with Crippen molar-refractivity contribution in [1.82, 2.24) is 15.1 Å². The Bertz CT molecular complexity index is 333. The van der Waals surface area contributed by atoms with E-state index in [4.69, 9.17) is 5.11 Å². The Morgan fingerprint density at radius 1 is 1.47 bits per heavy atom. The minimum Gasteiger partial charge on any atom is -0.396 e. The first-order valence-corrected chi connectivity index (χ1v) is 6.45. The van der Waals surface area contributed by atoms with Crippen molar-refractivity contribution in [2.75, 3.05) is 6.61 Å². The molecule has 1 unspecified atom stereocenters. The van der Waals surface area contributed by atoms with Crippen LogP contribution in [0.15, 0.2) is 6.20 Å². The monoisotopic (exact) mass is 239 g/mol. The molecule has 4 nitrogen and oxygen atoms in total. The molecule has 1 heterocycles. The van der Waals surface area contributed by atoms with Crippen LogP contribution in [0.1, 0.15) is 50.8 Å². The highest BCUT2D eigenvalue weighted by Crippen LogP contribution is 2.17. The van der Waals surface area contributed by atoms with Crippen molar-refractivity contribution in [3.8, 4) is 0 Å². The number of hydrogen-bond donors (Lipinski definition) is 2. The summed E-state index contributed by atoms with van der Waals surface area (Å²) in [5, 5.41) is 16.9. The van der Waals surface area contributed by atoms with E-state index in [1.807, 2.05) is 11.7 Å². The van der Waals surface area contributed by atoms with Crippen molar-refractivity contribution in [3.05, 3.63) is 17.5 Å². The lowest BCUT2D eigenvalue weighted by Gasteiger charge is -2.15. The van der Waals surface area contributed by atoms with Gasteiger partial charge in [-0.05, 0) is 18.8 Å². The van der Waals surface area contributed by atoms with Gasteiger partial charge in [0.15, 0.2) is 0 Å². The van der Waals surface area contributed by atoms with E-state index in [0.29, 0.717) is 12.0 Å². The minimum absolute atomic E-state index is 0.246. The van der Waals surface area contributed by atoms with Gasteiger partial charge < -0.3 is 10.4 Å². The van der Waals surface area contributed by atoms with Gasteiger partial charge in [0.05, 0.1) is 5.69 Å². The number of nitrogens with zero attached hydrogens (tertiary/aromatic N) is 2. The third-order valence-corrected chi connectivity index (χ3v) is 3.04.